The molecule has 4 rings (SSSR count). The molecule has 2 fully saturated rings. The Balaban J connectivity index is 1.42. The molecule has 1 aliphatic carbocycles. The van der Waals surface area contributed by atoms with Crippen LogP contribution in [-0.4, -0.2) is 52.8 Å². The van der Waals surface area contributed by atoms with Crippen molar-refractivity contribution in [1.82, 2.24) is 14.9 Å². The lowest BCUT2D eigenvalue weighted by atomic mass is 9.89. The molecule has 1 N–H and O–H groups in total. The van der Waals surface area contributed by atoms with Crippen LogP contribution in [0.4, 0.5) is 5.82 Å². The Morgan fingerprint density at radius 2 is 2.08 bits per heavy atom. The molecule has 2 aliphatic rings. The standard InChI is InChI=1S/C20H25N5O/c1-14-12-25(8-9-26-14)17-5-3-16(4-6-17)24-20-18-10-15(11-21)2-7-19(18)22-13-23-20/h2,7,10,13-14,16-17H,3-6,8-9,12H2,1H3,(H,22,23,24). The molecule has 1 saturated carbocycles. The summed E-state index contributed by atoms with van der Waals surface area (Å²) in [6.45, 7) is 5.12. The van der Waals surface area contributed by atoms with E-state index in [-0.39, 0.29) is 0 Å². The van der Waals surface area contributed by atoms with E-state index in [1.54, 1.807) is 12.4 Å². The van der Waals surface area contributed by atoms with Gasteiger partial charge in [-0.15, -0.1) is 0 Å². The number of nitrogens with zero attached hydrogens (tertiary/aromatic N) is 4. The number of hydrogen-bond acceptors (Lipinski definition) is 6. The third kappa shape index (κ3) is 3.64. The molecule has 1 aromatic carbocycles. The maximum absolute atomic E-state index is 9.16. The zero-order valence-electron chi connectivity index (χ0n) is 15.2. The quantitative estimate of drug-likeness (QED) is 0.916. The summed E-state index contributed by atoms with van der Waals surface area (Å²) in [5, 5.41) is 13.7. The highest BCUT2D eigenvalue weighted by molar-refractivity contribution is 5.89. The second-order valence-corrected chi connectivity index (χ2v) is 7.39. The van der Waals surface area contributed by atoms with Crippen molar-refractivity contribution in [2.45, 2.75) is 50.8 Å². The van der Waals surface area contributed by atoms with Gasteiger partial charge in [0, 0.05) is 30.6 Å². The first-order valence-corrected chi connectivity index (χ1v) is 9.50. The van der Waals surface area contributed by atoms with Gasteiger partial charge in [0.25, 0.3) is 0 Å². The summed E-state index contributed by atoms with van der Waals surface area (Å²) in [6, 6.07) is 8.85. The third-order valence-electron chi connectivity index (χ3n) is 5.59. The molecule has 6 heteroatoms. The second kappa shape index (κ2) is 7.56. The zero-order chi connectivity index (χ0) is 17.9. The van der Waals surface area contributed by atoms with Crippen molar-refractivity contribution >= 4 is 16.7 Å². The fourth-order valence-electron chi connectivity index (χ4n) is 4.20. The van der Waals surface area contributed by atoms with E-state index < -0.39 is 0 Å². The van der Waals surface area contributed by atoms with Gasteiger partial charge in [-0.3, -0.25) is 4.90 Å². The highest BCUT2D eigenvalue weighted by atomic mass is 16.5. The van der Waals surface area contributed by atoms with Crippen molar-refractivity contribution in [2.24, 2.45) is 0 Å². The molecule has 0 radical (unpaired) electrons. The molecule has 0 amide bonds. The van der Waals surface area contributed by atoms with Crippen LogP contribution in [-0.2, 0) is 4.74 Å². The molecular weight excluding hydrogens is 326 g/mol. The number of benzene rings is 1. The number of anilines is 1. The van der Waals surface area contributed by atoms with Crippen molar-refractivity contribution in [2.75, 3.05) is 25.0 Å². The van der Waals surface area contributed by atoms with E-state index in [1.807, 2.05) is 12.1 Å². The van der Waals surface area contributed by atoms with Gasteiger partial charge in [0.05, 0.1) is 29.9 Å². The Hall–Kier alpha value is -2.23. The van der Waals surface area contributed by atoms with Gasteiger partial charge >= 0.3 is 0 Å². The van der Waals surface area contributed by atoms with E-state index in [4.69, 9.17) is 10.00 Å². The summed E-state index contributed by atoms with van der Waals surface area (Å²) in [5.41, 5.74) is 1.51. The maximum Gasteiger partial charge on any atom is 0.137 e. The van der Waals surface area contributed by atoms with E-state index in [2.05, 4.69) is 33.2 Å². The average Bonchev–Trinajstić information content (AvgIpc) is 2.68. The number of aromatic nitrogens is 2. The number of rotatable bonds is 3. The molecular formula is C20H25N5O. The Kier molecular flexibility index (Phi) is 5.00. The van der Waals surface area contributed by atoms with Crippen molar-refractivity contribution < 1.29 is 4.74 Å². The molecule has 1 atom stereocenters. The molecule has 1 unspecified atom stereocenters. The largest absolute Gasteiger partial charge is 0.376 e. The Labute approximate surface area is 154 Å². The number of fused-ring (bicyclic) bond motifs is 1. The van der Waals surface area contributed by atoms with Crippen molar-refractivity contribution in [1.29, 1.82) is 5.26 Å². The number of ether oxygens (including phenoxy) is 1. The molecule has 0 bridgehead atoms. The Morgan fingerprint density at radius 1 is 1.23 bits per heavy atom. The lowest BCUT2D eigenvalue weighted by molar-refractivity contribution is -0.0396. The van der Waals surface area contributed by atoms with E-state index >= 15 is 0 Å². The SMILES string of the molecule is CC1CN(C2CCC(Nc3ncnc4ccc(C#N)cc34)CC2)CCO1. The first kappa shape index (κ1) is 17.2. The van der Waals surface area contributed by atoms with Gasteiger partial charge in [0.1, 0.15) is 12.1 Å². The number of nitrogens with one attached hydrogen (secondary N) is 1. The molecule has 0 spiro atoms. The highest BCUT2D eigenvalue weighted by Crippen LogP contribution is 2.28. The zero-order valence-corrected chi connectivity index (χ0v) is 15.2. The third-order valence-corrected chi connectivity index (χ3v) is 5.59. The smallest absolute Gasteiger partial charge is 0.137 e. The number of morpholine rings is 1. The number of hydrogen-bond donors (Lipinski definition) is 1. The van der Waals surface area contributed by atoms with Gasteiger partial charge in [-0.2, -0.15) is 5.26 Å². The fourth-order valence-corrected chi connectivity index (χ4v) is 4.20. The molecule has 26 heavy (non-hydrogen) atoms. The van der Waals surface area contributed by atoms with E-state index in [0.29, 0.717) is 23.8 Å². The first-order chi connectivity index (χ1) is 12.7. The minimum Gasteiger partial charge on any atom is -0.376 e. The van der Waals surface area contributed by atoms with Crippen LogP contribution >= 0.6 is 0 Å². The van der Waals surface area contributed by atoms with Crippen LogP contribution in [0.25, 0.3) is 10.9 Å². The van der Waals surface area contributed by atoms with Crippen LogP contribution < -0.4 is 5.32 Å². The summed E-state index contributed by atoms with van der Waals surface area (Å²) in [7, 11) is 0. The minimum atomic E-state index is 0.348. The lowest BCUT2D eigenvalue weighted by Crippen LogP contribution is -2.48. The molecule has 136 valence electrons. The van der Waals surface area contributed by atoms with Gasteiger partial charge in [-0.25, -0.2) is 9.97 Å². The molecule has 6 nitrogen and oxygen atoms in total. The second-order valence-electron chi connectivity index (χ2n) is 7.39. The van der Waals surface area contributed by atoms with Gasteiger partial charge in [-0.05, 0) is 50.8 Å². The maximum atomic E-state index is 9.16. The van der Waals surface area contributed by atoms with Crippen LogP contribution in [0.1, 0.15) is 38.2 Å². The fraction of sp³-hybridized carbons (Fsp3) is 0.550. The van der Waals surface area contributed by atoms with Gasteiger partial charge in [-0.1, -0.05) is 0 Å². The molecule has 2 heterocycles. The summed E-state index contributed by atoms with van der Waals surface area (Å²) >= 11 is 0. The molecule has 1 aliphatic heterocycles. The predicted octanol–water partition coefficient (Wildman–Crippen LogP) is 2.95. The topological polar surface area (TPSA) is 74.1 Å². The van der Waals surface area contributed by atoms with Crippen LogP contribution in [0.15, 0.2) is 24.5 Å². The first-order valence-electron chi connectivity index (χ1n) is 9.50. The van der Waals surface area contributed by atoms with Crippen LogP contribution in [0.2, 0.25) is 0 Å². The Morgan fingerprint density at radius 3 is 2.85 bits per heavy atom. The monoisotopic (exact) mass is 351 g/mol. The Bertz CT molecular complexity index is 809. The average molecular weight is 351 g/mol. The van der Waals surface area contributed by atoms with E-state index in [9.17, 15) is 0 Å². The van der Waals surface area contributed by atoms with Crippen molar-refractivity contribution in [3.05, 3.63) is 30.1 Å². The van der Waals surface area contributed by atoms with E-state index in [0.717, 1.165) is 49.3 Å². The van der Waals surface area contributed by atoms with Crippen LogP contribution in [0.5, 0.6) is 0 Å². The summed E-state index contributed by atoms with van der Waals surface area (Å²) in [6.07, 6.45) is 6.63. The summed E-state index contributed by atoms with van der Waals surface area (Å²) in [5.74, 6) is 0.843. The molecule has 1 aromatic heterocycles. The highest BCUT2D eigenvalue weighted by Gasteiger charge is 2.29. The van der Waals surface area contributed by atoms with Crippen LogP contribution in [0, 0.1) is 11.3 Å². The van der Waals surface area contributed by atoms with E-state index in [1.165, 1.54) is 12.8 Å². The normalized spacial score (nSPS) is 27.2. The summed E-state index contributed by atoms with van der Waals surface area (Å²) < 4.78 is 5.67. The van der Waals surface area contributed by atoms with Gasteiger partial charge in [0.15, 0.2) is 0 Å². The minimum absolute atomic E-state index is 0.348. The van der Waals surface area contributed by atoms with Gasteiger partial charge < -0.3 is 10.1 Å². The van der Waals surface area contributed by atoms with Crippen LogP contribution in [0.3, 0.4) is 0 Å². The predicted molar refractivity (Wildman–Crippen MR) is 101 cm³/mol. The number of nitriles is 1. The van der Waals surface area contributed by atoms with Gasteiger partial charge in [0.2, 0.25) is 0 Å². The van der Waals surface area contributed by atoms with Crippen molar-refractivity contribution in [3.8, 4) is 6.07 Å². The summed E-state index contributed by atoms with van der Waals surface area (Å²) in [4.78, 5) is 11.3. The molecule has 1 saturated heterocycles. The van der Waals surface area contributed by atoms with Crippen molar-refractivity contribution in [3.63, 3.8) is 0 Å². The lowest BCUT2D eigenvalue weighted by Gasteiger charge is -2.40. The molecule has 2 aromatic rings.